The number of furan rings is 1. The molecule has 0 bridgehead atoms. The predicted octanol–water partition coefficient (Wildman–Crippen LogP) is 10.8. The molecule has 0 amide bonds. The average Bonchev–Trinajstić information content (AvgIpc) is 3.45. The van der Waals surface area contributed by atoms with E-state index in [0.717, 1.165) is 62.5 Å². The summed E-state index contributed by atoms with van der Waals surface area (Å²) in [5, 5.41) is 3.66. The van der Waals surface area contributed by atoms with Gasteiger partial charge < -0.3 is 14.4 Å². The maximum Gasteiger partial charge on any atom is 0.216 e. The largest absolute Gasteiger partial charge is 0.486 e. The van der Waals surface area contributed by atoms with Crippen molar-refractivity contribution in [2.45, 2.75) is 91.8 Å². The summed E-state index contributed by atoms with van der Waals surface area (Å²) < 4.78 is 6.21. The molecule has 4 nitrogen and oxygen atoms in total. The van der Waals surface area contributed by atoms with Crippen molar-refractivity contribution in [2.75, 3.05) is 0 Å². The Morgan fingerprint density at radius 1 is 0.917 bits per heavy atom. The van der Waals surface area contributed by atoms with E-state index in [9.17, 15) is 0 Å². The molecule has 6 aromatic rings. The maximum atomic E-state index is 6.21. The molecule has 0 N–H and O–H groups in total. The molecule has 7 rings (SSSR count). The zero-order valence-electron chi connectivity index (χ0n) is 29.4. The van der Waals surface area contributed by atoms with Crippen molar-refractivity contribution < 1.29 is 24.5 Å². The molecular weight excluding hydrogens is 783 g/mol. The summed E-state index contributed by atoms with van der Waals surface area (Å²) in [6, 6.07) is 27.5. The van der Waals surface area contributed by atoms with Gasteiger partial charge in [0.05, 0.1) is 13.7 Å². The Labute approximate surface area is 301 Å². The van der Waals surface area contributed by atoms with Gasteiger partial charge in [0.1, 0.15) is 0 Å². The maximum absolute atomic E-state index is 6.21. The van der Waals surface area contributed by atoms with Crippen LogP contribution in [0.15, 0.2) is 77.5 Å². The van der Waals surface area contributed by atoms with Gasteiger partial charge in [-0.15, -0.1) is 53.6 Å². The Morgan fingerprint density at radius 3 is 2.42 bits per heavy atom. The minimum absolute atomic E-state index is 0. The molecule has 0 spiro atoms. The first-order valence-electron chi connectivity index (χ1n) is 17.2. The molecular formula is C42H47IrN3OSi-2. The molecule has 48 heavy (non-hydrogen) atoms. The van der Waals surface area contributed by atoms with Gasteiger partial charge in [-0.25, -0.2) is 4.98 Å². The molecule has 4 heterocycles. The normalized spacial score (nSPS) is 13.8. The minimum Gasteiger partial charge on any atom is -0.486 e. The number of rotatable bonds is 6. The van der Waals surface area contributed by atoms with Crippen LogP contribution in [0.2, 0.25) is 19.6 Å². The van der Waals surface area contributed by atoms with Gasteiger partial charge in [-0.3, -0.25) is 0 Å². The van der Waals surface area contributed by atoms with E-state index in [-0.39, 0.29) is 20.1 Å². The summed E-state index contributed by atoms with van der Waals surface area (Å²) in [4.78, 5) is 13.9. The van der Waals surface area contributed by atoms with Crippen LogP contribution in [0.25, 0.3) is 44.6 Å². The topological polar surface area (TPSA) is 51.8 Å². The van der Waals surface area contributed by atoms with Crippen LogP contribution in [0.1, 0.15) is 74.3 Å². The summed E-state index contributed by atoms with van der Waals surface area (Å²) in [6.07, 6.45) is 12.0. The Morgan fingerprint density at radius 2 is 1.71 bits per heavy atom. The molecule has 6 heteroatoms. The molecule has 2 aromatic carbocycles. The number of nitrogens with zero attached hydrogens (tertiary/aromatic N) is 3. The second-order valence-corrected chi connectivity index (χ2v) is 19.6. The average molecular weight is 830 g/mol. The van der Waals surface area contributed by atoms with Crippen molar-refractivity contribution in [1.29, 1.82) is 0 Å². The summed E-state index contributed by atoms with van der Waals surface area (Å²) in [7, 11) is -1.34. The molecule has 4 aromatic heterocycles. The zero-order valence-corrected chi connectivity index (χ0v) is 32.8. The number of fused-ring (bicyclic) bond motifs is 3. The van der Waals surface area contributed by atoms with E-state index in [0.29, 0.717) is 11.6 Å². The molecule has 1 saturated carbocycles. The third-order valence-electron chi connectivity index (χ3n) is 9.43. The van der Waals surface area contributed by atoms with Crippen LogP contribution in [0.4, 0.5) is 0 Å². The van der Waals surface area contributed by atoms with Crippen molar-refractivity contribution in [3.05, 3.63) is 108 Å². The minimum atomic E-state index is -1.34. The van der Waals surface area contributed by atoms with Crippen LogP contribution in [0.5, 0.6) is 0 Å². The summed E-state index contributed by atoms with van der Waals surface area (Å²) in [5.74, 6) is 1.34. The van der Waals surface area contributed by atoms with Gasteiger partial charge in [0.25, 0.3) is 0 Å². The first kappa shape index (κ1) is 35.9. The molecule has 0 aliphatic heterocycles. The SMILES string of the molecule is CC(C)c1cc(-c2[c-]cccc2)ncc1[Si](C)(C)C.Cc1ccc2c(n1)oc1c(-c3cc(CC4CCCCC4)ccn3)[c-]cc(C)c12.[Ir]. The molecule has 1 aliphatic carbocycles. The second kappa shape index (κ2) is 15.4. The second-order valence-electron chi connectivity index (χ2n) is 14.6. The number of aromatic nitrogens is 3. The quantitative estimate of drug-likeness (QED) is 0.124. The zero-order chi connectivity index (χ0) is 33.1. The van der Waals surface area contributed by atoms with Gasteiger partial charge in [0, 0.05) is 43.6 Å². The van der Waals surface area contributed by atoms with Crippen molar-refractivity contribution in [2.24, 2.45) is 5.92 Å². The van der Waals surface area contributed by atoms with Gasteiger partial charge in [-0.2, -0.15) is 0 Å². The fourth-order valence-electron chi connectivity index (χ4n) is 6.88. The number of aryl methyl sites for hydroxylation is 2. The van der Waals surface area contributed by atoms with E-state index in [4.69, 9.17) is 4.42 Å². The fraction of sp³-hybridized carbons (Fsp3) is 0.357. The smallest absolute Gasteiger partial charge is 0.216 e. The van der Waals surface area contributed by atoms with E-state index >= 15 is 0 Å². The third kappa shape index (κ3) is 8.05. The molecule has 1 aliphatic rings. The summed E-state index contributed by atoms with van der Waals surface area (Å²) in [5.41, 5.74) is 10.4. The number of hydrogen-bond acceptors (Lipinski definition) is 4. The van der Waals surface area contributed by atoms with Crippen LogP contribution in [-0.2, 0) is 26.5 Å². The van der Waals surface area contributed by atoms with Crippen LogP contribution in [0.3, 0.4) is 0 Å². The summed E-state index contributed by atoms with van der Waals surface area (Å²) in [6.45, 7) is 15.8. The molecule has 251 valence electrons. The van der Waals surface area contributed by atoms with Crippen LogP contribution < -0.4 is 5.19 Å². The van der Waals surface area contributed by atoms with Crippen LogP contribution in [-0.4, -0.2) is 23.0 Å². The van der Waals surface area contributed by atoms with E-state index in [1.807, 2.05) is 43.5 Å². The number of pyridine rings is 3. The molecule has 1 radical (unpaired) electrons. The number of hydrogen-bond donors (Lipinski definition) is 0. The fourth-order valence-corrected chi connectivity index (χ4v) is 8.56. The Bertz CT molecular complexity index is 1990. The monoisotopic (exact) mass is 830 g/mol. The van der Waals surface area contributed by atoms with Crippen LogP contribution >= 0.6 is 0 Å². The van der Waals surface area contributed by atoms with Crippen molar-refractivity contribution in [3.8, 4) is 22.5 Å². The van der Waals surface area contributed by atoms with E-state index in [1.165, 1.54) is 48.4 Å². The van der Waals surface area contributed by atoms with E-state index in [1.54, 1.807) is 0 Å². The standard InChI is InChI=1S/C25H25N2O.C17H22NSi.Ir/c1-16-8-10-20(24-23(16)21-11-9-17(2)27-25(21)28-24)22-15-19(12-13-26-22)14-18-6-4-3-5-7-18;1-13(2)15-11-16(14-9-7-6-8-10-14)18-12-17(15)19(3,4)5;/h8-9,11-13,15,18H,3-7,14H2,1-2H3;6-9,11-13H,1-5H3;/q2*-1;. The Kier molecular flexibility index (Phi) is 11.5. The molecule has 0 saturated heterocycles. The van der Waals surface area contributed by atoms with Gasteiger partial charge in [0.2, 0.25) is 5.71 Å². The molecule has 0 unspecified atom stereocenters. The van der Waals surface area contributed by atoms with Gasteiger partial charge in [-0.05, 0) is 60.0 Å². The Hall–Kier alpha value is -3.44. The van der Waals surface area contributed by atoms with Crippen LogP contribution in [0, 0.1) is 31.9 Å². The van der Waals surface area contributed by atoms with Crippen molar-refractivity contribution >= 4 is 35.3 Å². The molecule has 1 fully saturated rings. The predicted molar refractivity (Wildman–Crippen MR) is 199 cm³/mol. The molecule has 0 atom stereocenters. The number of benzene rings is 2. The van der Waals surface area contributed by atoms with E-state index in [2.05, 4.69) is 104 Å². The first-order chi connectivity index (χ1) is 22.6. The third-order valence-corrected chi connectivity index (χ3v) is 11.5. The summed E-state index contributed by atoms with van der Waals surface area (Å²) >= 11 is 0. The van der Waals surface area contributed by atoms with Crippen molar-refractivity contribution in [1.82, 2.24) is 15.0 Å². The van der Waals surface area contributed by atoms with E-state index < -0.39 is 8.07 Å². The van der Waals surface area contributed by atoms with Crippen molar-refractivity contribution in [3.63, 3.8) is 0 Å². The Balaban J connectivity index is 0.000000198. The van der Waals surface area contributed by atoms with Gasteiger partial charge in [-0.1, -0.05) is 107 Å². The van der Waals surface area contributed by atoms with Gasteiger partial charge in [0.15, 0.2) is 0 Å². The first-order valence-corrected chi connectivity index (χ1v) is 20.7. The van der Waals surface area contributed by atoms with Gasteiger partial charge >= 0.3 is 0 Å².